The molecule has 1 aromatic rings. The van der Waals surface area contributed by atoms with Gasteiger partial charge in [-0.2, -0.15) is 0 Å². The first-order valence-electron chi connectivity index (χ1n) is 5.93. The maximum Gasteiger partial charge on any atom is 0.330 e. The van der Waals surface area contributed by atoms with Crippen LogP contribution in [0.3, 0.4) is 0 Å². The second-order valence-corrected chi connectivity index (χ2v) is 4.65. The summed E-state index contributed by atoms with van der Waals surface area (Å²) in [5.41, 5.74) is 0.970. The van der Waals surface area contributed by atoms with Gasteiger partial charge in [-0.25, -0.2) is 4.79 Å². The van der Waals surface area contributed by atoms with Crippen molar-refractivity contribution in [2.75, 3.05) is 11.0 Å². The van der Waals surface area contributed by atoms with Gasteiger partial charge in [-0.15, -0.1) is 6.58 Å². The average Bonchev–Trinajstić information content (AvgIpc) is 2.46. The van der Waals surface area contributed by atoms with Gasteiger partial charge in [0.2, 0.25) is 0 Å². The second kappa shape index (κ2) is 9.75. The molecule has 1 aromatic carbocycles. The summed E-state index contributed by atoms with van der Waals surface area (Å²) in [6.07, 6.45) is 4.71. The maximum absolute atomic E-state index is 11.5. The molecule has 4 heteroatoms. The molecule has 0 aliphatic heterocycles. The van der Waals surface area contributed by atoms with Crippen molar-refractivity contribution in [1.29, 1.82) is 0 Å². The molecular weight excluding hydrogens is 355 g/mol. The van der Waals surface area contributed by atoms with Gasteiger partial charge in [0, 0.05) is 10.5 Å². The summed E-state index contributed by atoms with van der Waals surface area (Å²) in [5.74, 6) is -0.360. The van der Waals surface area contributed by atoms with Crippen LogP contribution in [0.4, 0.5) is 0 Å². The van der Waals surface area contributed by atoms with E-state index in [9.17, 15) is 4.79 Å². The van der Waals surface area contributed by atoms with Crippen LogP contribution in [0, 0.1) is 0 Å². The zero-order valence-electron chi connectivity index (χ0n) is 10.6. The molecule has 1 rings (SSSR count). The molecule has 0 spiro atoms. The monoisotopic (exact) mass is 372 g/mol. The smallest absolute Gasteiger partial charge is 0.330 e. The molecule has 0 radical (unpaired) electrons. The Hall–Kier alpha value is -1.14. The van der Waals surface area contributed by atoms with Gasteiger partial charge in [0.25, 0.3) is 0 Å². The Morgan fingerprint density at radius 2 is 2.11 bits per heavy atom. The van der Waals surface area contributed by atoms with Gasteiger partial charge in [-0.3, -0.25) is 0 Å². The van der Waals surface area contributed by atoms with Crippen molar-refractivity contribution in [2.45, 2.75) is 12.7 Å². The van der Waals surface area contributed by atoms with Crippen LogP contribution in [0.5, 0.6) is 0 Å². The number of alkyl halides is 1. The molecule has 0 amide bonds. The first-order chi connectivity index (χ1) is 9.26. The third-order valence-electron chi connectivity index (χ3n) is 2.25. The number of hydrogen-bond acceptors (Lipinski definition) is 3. The Kier molecular flexibility index (Phi) is 8.16. The van der Waals surface area contributed by atoms with E-state index in [1.165, 1.54) is 6.08 Å². The number of hydrogen-bond donors (Lipinski definition) is 0. The zero-order chi connectivity index (χ0) is 13.9. The lowest BCUT2D eigenvalue weighted by Crippen LogP contribution is -2.12. The van der Waals surface area contributed by atoms with Crippen LogP contribution in [0.1, 0.15) is 5.56 Å². The third kappa shape index (κ3) is 7.12. The van der Waals surface area contributed by atoms with Gasteiger partial charge >= 0.3 is 5.97 Å². The highest BCUT2D eigenvalue weighted by atomic mass is 127. The van der Waals surface area contributed by atoms with E-state index in [1.54, 1.807) is 12.2 Å². The minimum Gasteiger partial charge on any atom is -0.458 e. The van der Waals surface area contributed by atoms with E-state index in [4.69, 9.17) is 9.47 Å². The second-order valence-electron chi connectivity index (χ2n) is 3.77. The Labute approximate surface area is 127 Å². The van der Waals surface area contributed by atoms with Crippen LogP contribution in [0.15, 0.2) is 55.1 Å². The van der Waals surface area contributed by atoms with Gasteiger partial charge in [0.15, 0.2) is 0 Å². The SMILES string of the molecule is C=CCOC(/C=C/C(=O)OCc1ccccc1)CI. The van der Waals surface area contributed by atoms with Crippen molar-refractivity contribution in [2.24, 2.45) is 0 Å². The Balaban J connectivity index is 2.35. The zero-order valence-corrected chi connectivity index (χ0v) is 12.8. The number of rotatable bonds is 8. The fourth-order valence-corrected chi connectivity index (χ4v) is 1.85. The molecule has 1 atom stereocenters. The topological polar surface area (TPSA) is 35.5 Å². The van der Waals surface area contributed by atoms with Crippen LogP contribution in [-0.2, 0) is 20.9 Å². The van der Waals surface area contributed by atoms with Crippen molar-refractivity contribution in [3.05, 3.63) is 60.7 Å². The van der Waals surface area contributed by atoms with Gasteiger partial charge in [-0.1, -0.05) is 59.0 Å². The minimum atomic E-state index is -0.360. The fraction of sp³-hybridized carbons (Fsp3) is 0.267. The summed E-state index contributed by atoms with van der Waals surface area (Å²) >= 11 is 2.20. The quantitative estimate of drug-likeness (QED) is 0.231. The summed E-state index contributed by atoms with van der Waals surface area (Å²) in [6.45, 7) is 4.34. The molecule has 19 heavy (non-hydrogen) atoms. The predicted octanol–water partition coefficient (Wildman–Crippen LogP) is 3.29. The van der Waals surface area contributed by atoms with E-state index < -0.39 is 0 Å². The molecular formula is C15H17IO3. The van der Waals surface area contributed by atoms with Crippen molar-refractivity contribution in [3.8, 4) is 0 Å². The Morgan fingerprint density at radius 1 is 1.37 bits per heavy atom. The number of carbonyl (C=O) groups excluding carboxylic acids is 1. The molecule has 0 fully saturated rings. The van der Waals surface area contributed by atoms with E-state index in [-0.39, 0.29) is 18.7 Å². The summed E-state index contributed by atoms with van der Waals surface area (Å²) in [6, 6.07) is 9.57. The molecule has 0 heterocycles. The van der Waals surface area contributed by atoms with Crippen LogP contribution >= 0.6 is 22.6 Å². The fourth-order valence-electron chi connectivity index (χ4n) is 1.31. The molecule has 0 saturated carbocycles. The molecule has 0 aliphatic rings. The first kappa shape index (κ1) is 15.9. The van der Waals surface area contributed by atoms with Crippen LogP contribution in [0.25, 0.3) is 0 Å². The van der Waals surface area contributed by atoms with E-state index in [2.05, 4.69) is 29.2 Å². The standard InChI is InChI=1S/C15H17IO3/c1-2-10-18-14(11-16)8-9-15(17)19-12-13-6-4-3-5-7-13/h2-9,14H,1,10-12H2/b9-8+. The summed E-state index contributed by atoms with van der Waals surface area (Å²) in [4.78, 5) is 11.5. The Bertz CT molecular complexity index is 415. The van der Waals surface area contributed by atoms with Gasteiger partial charge in [0.05, 0.1) is 12.7 Å². The predicted molar refractivity (Wildman–Crippen MR) is 84.2 cm³/mol. The molecule has 102 valence electrons. The minimum absolute atomic E-state index is 0.0946. The first-order valence-corrected chi connectivity index (χ1v) is 7.46. The lowest BCUT2D eigenvalue weighted by atomic mass is 10.2. The molecule has 0 N–H and O–H groups in total. The highest BCUT2D eigenvalue weighted by Crippen LogP contribution is 2.03. The van der Waals surface area contributed by atoms with Crippen molar-refractivity contribution in [1.82, 2.24) is 0 Å². The molecule has 0 aromatic heterocycles. The van der Waals surface area contributed by atoms with Crippen molar-refractivity contribution < 1.29 is 14.3 Å². The molecule has 0 aliphatic carbocycles. The lowest BCUT2D eigenvalue weighted by molar-refractivity contribution is -0.139. The molecule has 1 unspecified atom stereocenters. The Morgan fingerprint density at radius 3 is 2.74 bits per heavy atom. The number of ether oxygens (including phenoxy) is 2. The van der Waals surface area contributed by atoms with E-state index in [0.29, 0.717) is 6.61 Å². The largest absolute Gasteiger partial charge is 0.458 e. The third-order valence-corrected chi connectivity index (χ3v) is 3.12. The van der Waals surface area contributed by atoms with Gasteiger partial charge in [-0.05, 0) is 11.6 Å². The normalized spacial score (nSPS) is 12.3. The number of halogens is 1. The van der Waals surface area contributed by atoms with E-state index in [1.807, 2.05) is 30.3 Å². The van der Waals surface area contributed by atoms with Crippen molar-refractivity contribution >= 4 is 28.6 Å². The molecule has 3 nitrogen and oxygen atoms in total. The van der Waals surface area contributed by atoms with Crippen LogP contribution < -0.4 is 0 Å². The average molecular weight is 372 g/mol. The van der Waals surface area contributed by atoms with Crippen LogP contribution in [-0.4, -0.2) is 23.1 Å². The van der Waals surface area contributed by atoms with Gasteiger partial charge < -0.3 is 9.47 Å². The molecule has 0 bridgehead atoms. The van der Waals surface area contributed by atoms with E-state index >= 15 is 0 Å². The van der Waals surface area contributed by atoms with Crippen molar-refractivity contribution in [3.63, 3.8) is 0 Å². The highest BCUT2D eigenvalue weighted by Gasteiger charge is 2.04. The van der Waals surface area contributed by atoms with E-state index in [0.717, 1.165) is 9.99 Å². The number of benzene rings is 1. The number of carbonyl (C=O) groups is 1. The molecule has 0 saturated heterocycles. The van der Waals surface area contributed by atoms with Crippen LogP contribution in [0.2, 0.25) is 0 Å². The lowest BCUT2D eigenvalue weighted by Gasteiger charge is -2.08. The highest BCUT2D eigenvalue weighted by molar-refractivity contribution is 14.1. The summed E-state index contributed by atoms with van der Waals surface area (Å²) < 4.78 is 11.3. The maximum atomic E-state index is 11.5. The summed E-state index contributed by atoms with van der Waals surface area (Å²) in [5, 5.41) is 0. The number of esters is 1. The summed E-state index contributed by atoms with van der Waals surface area (Å²) in [7, 11) is 0. The van der Waals surface area contributed by atoms with Gasteiger partial charge in [0.1, 0.15) is 6.61 Å².